The smallest absolute Gasteiger partial charge is 0.328 e. The lowest BCUT2D eigenvalue weighted by atomic mass is 10.1. The summed E-state index contributed by atoms with van der Waals surface area (Å²) in [6.45, 7) is 0. The number of carbonyl (C=O) groups is 1. The topological polar surface area (TPSA) is 134 Å². The normalized spacial score (nSPS) is 12.6. The number of H-pyrrole nitrogens is 3. The van der Waals surface area contributed by atoms with E-state index in [9.17, 15) is 19.8 Å². The Bertz CT molecular complexity index is 1080. The van der Waals surface area contributed by atoms with E-state index in [0.717, 1.165) is 22.7 Å². The van der Waals surface area contributed by atoms with Crippen molar-refractivity contribution >= 4 is 35.3 Å². The third kappa shape index (κ3) is 3.50. The molecule has 0 aliphatic rings. The molecule has 0 radical (unpaired) electrons. The molecule has 0 bridgehead atoms. The second-order valence-corrected chi connectivity index (χ2v) is 5.77. The van der Waals surface area contributed by atoms with Crippen LogP contribution < -0.4 is 5.56 Å². The van der Waals surface area contributed by atoms with Gasteiger partial charge in [-0.2, -0.15) is 0 Å². The summed E-state index contributed by atoms with van der Waals surface area (Å²) in [5, 5.41) is 20.1. The van der Waals surface area contributed by atoms with E-state index < -0.39 is 23.5 Å². The summed E-state index contributed by atoms with van der Waals surface area (Å²) in [4.78, 5) is 35.0. The molecule has 25 heavy (non-hydrogen) atoms. The quantitative estimate of drug-likeness (QED) is 0.350. The molecular formula is C16H14N4O4S. The third-order valence-corrected chi connectivity index (χ3v) is 3.92. The first kappa shape index (κ1) is 16.7. The molecule has 9 heteroatoms. The van der Waals surface area contributed by atoms with Crippen molar-refractivity contribution in [2.24, 2.45) is 4.99 Å². The zero-order valence-electron chi connectivity index (χ0n) is 12.8. The minimum atomic E-state index is -1.14. The lowest BCUT2D eigenvalue weighted by Crippen LogP contribution is -2.22. The average Bonchev–Trinajstić information content (AvgIpc) is 2.95. The molecule has 0 spiro atoms. The van der Waals surface area contributed by atoms with Gasteiger partial charge in [-0.15, -0.1) is 0 Å². The van der Waals surface area contributed by atoms with Gasteiger partial charge >= 0.3 is 5.97 Å². The molecule has 0 saturated carbocycles. The van der Waals surface area contributed by atoms with Crippen molar-refractivity contribution in [3.8, 4) is 5.88 Å². The standard InChI is InChI=1S/C16H14N4O4S/c21-13-10(14(22)20-16(25)19-13)7-18-12(15(23)24)5-8-6-17-11-4-2-1-3-9(8)11/h1-4,6-7,12,17H,5H2,(H,23,24)(H3,19,20,21,22,25). The molecule has 1 atom stereocenters. The molecule has 1 unspecified atom stereocenters. The van der Waals surface area contributed by atoms with Crippen LogP contribution in [0.2, 0.25) is 0 Å². The molecule has 0 amide bonds. The van der Waals surface area contributed by atoms with Crippen LogP contribution in [-0.4, -0.2) is 43.4 Å². The van der Waals surface area contributed by atoms with Crippen molar-refractivity contribution in [3.05, 3.63) is 56.7 Å². The Morgan fingerprint density at radius 3 is 2.80 bits per heavy atom. The van der Waals surface area contributed by atoms with Gasteiger partial charge in [0, 0.05) is 29.7 Å². The number of carboxylic acid groups (broad SMARTS) is 1. The zero-order chi connectivity index (χ0) is 18.0. The van der Waals surface area contributed by atoms with E-state index in [0.29, 0.717) is 0 Å². The molecule has 8 nitrogen and oxygen atoms in total. The van der Waals surface area contributed by atoms with Crippen LogP contribution in [0.5, 0.6) is 5.88 Å². The molecule has 1 aromatic carbocycles. The van der Waals surface area contributed by atoms with Crippen LogP contribution in [0.15, 0.2) is 40.2 Å². The Balaban J connectivity index is 1.91. The second kappa shape index (κ2) is 6.73. The van der Waals surface area contributed by atoms with Crippen LogP contribution in [0.3, 0.4) is 0 Å². The Labute approximate surface area is 145 Å². The number of para-hydroxylation sites is 1. The van der Waals surface area contributed by atoms with E-state index in [-0.39, 0.29) is 16.8 Å². The van der Waals surface area contributed by atoms with Crippen molar-refractivity contribution in [2.75, 3.05) is 0 Å². The number of aromatic nitrogens is 3. The summed E-state index contributed by atoms with van der Waals surface area (Å²) in [6.07, 6.45) is 2.91. The van der Waals surface area contributed by atoms with Crippen LogP contribution in [0, 0.1) is 4.77 Å². The van der Waals surface area contributed by atoms with Crippen molar-refractivity contribution in [1.29, 1.82) is 0 Å². The van der Waals surface area contributed by atoms with Crippen molar-refractivity contribution in [2.45, 2.75) is 12.5 Å². The lowest BCUT2D eigenvalue weighted by Gasteiger charge is -2.07. The summed E-state index contributed by atoms with van der Waals surface area (Å²) in [6, 6.07) is 6.41. The highest BCUT2D eigenvalue weighted by molar-refractivity contribution is 7.71. The van der Waals surface area contributed by atoms with Crippen LogP contribution in [0.4, 0.5) is 0 Å². The van der Waals surface area contributed by atoms with E-state index in [1.165, 1.54) is 0 Å². The van der Waals surface area contributed by atoms with Crippen molar-refractivity contribution < 1.29 is 15.0 Å². The predicted octanol–water partition coefficient (Wildman–Crippen LogP) is 1.73. The van der Waals surface area contributed by atoms with Gasteiger partial charge in [0.15, 0.2) is 10.8 Å². The third-order valence-electron chi connectivity index (χ3n) is 3.72. The Morgan fingerprint density at radius 1 is 1.32 bits per heavy atom. The number of hydrogen-bond acceptors (Lipinski definition) is 5. The number of hydrogen-bond donors (Lipinski definition) is 5. The van der Waals surface area contributed by atoms with Gasteiger partial charge in [0.25, 0.3) is 5.56 Å². The molecule has 3 rings (SSSR count). The number of aromatic hydroxyl groups is 1. The first-order valence-corrected chi connectivity index (χ1v) is 7.73. The molecular weight excluding hydrogens is 344 g/mol. The molecule has 0 aliphatic carbocycles. The molecule has 0 fully saturated rings. The van der Waals surface area contributed by atoms with E-state index in [4.69, 9.17) is 12.2 Å². The number of fused-ring (bicyclic) bond motifs is 1. The van der Waals surface area contributed by atoms with E-state index in [1.807, 2.05) is 24.3 Å². The maximum absolute atomic E-state index is 11.8. The van der Waals surface area contributed by atoms with E-state index in [1.54, 1.807) is 6.20 Å². The van der Waals surface area contributed by atoms with Crippen molar-refractivity contribution in [3.63, 3.8) is 0 Å². The van der Waals surface area contributed by atoms with Gasteiger partial charge in [-0.05, 0) is 23.8 Å². The average molecular weight is 358 g/mol. The van der Waals surface area contributed by atoms with Crippen LogP contribution in [-0.2, 0) is 11.2 Å². The molecule has 2 aromatic heterocycles. The van der Waals surface area contributed by atoms with Gasteiger partial charge in [0.05, 0.1) is 0 Å². The first-order chi connectivity index (χ1) is 12.0. The Kier molecular flexibility index (Phi) is 4.48. The molecule has 2 heterocycles. The van der Waals surface area contributed by atoms with Gasteiger partial charge in [-0.3, -0.25) is 14.8 Å². The molecule has 5 N–H and O–H groups in total. The van der Waals surface area contributed by atoms with Gasteiger partial charge in [0.1, 0.15) is 5.56 Å². The lowest BCUT2D eigenvalue weighted by molar-refractivity contribution is -0.138. The van der Waals surface area contributed by atoms with Crippen molar-refractivity contribution in [1.82, 2.24) is 15.0 Å². The minimum Gasteiger partial charge on any atom is -0.494 e. The van der Waals surface area contributed by atoms with Gasteiger partial charge in [0.2, 0.25) is 5.88 Å². The number of benzene rings is 1. The molecule has 128 valence electrons. The van der Waals surface area contributed by atoms with E-state index >= 15 is 0 Å². The van der Waals surface area contributed by atoms with Gasteiger partial charge < -0.3 is 20.2 Å². The molecule has 0 saturated heterocycles. The summed E-state index contributed by atoms with van der Waals surface area (Å²) < 4.78 is -0.0340. The summed E-state index contributed by atoms with van der Waals surface area (Å²) in [5.41, 5.74) is 0.862. The largest absolute Gasteiger partial charge is 0.494 e. The van der Waals surface area contributed by atoms with Gasteiger partial charge in [-0.1, -0.05) is 18.2 Å². The second-order valence-electron chi connectivity index (χ2n) is 5.37. The van der Waals surface area contributed by atoms with Crippen LogP contribution in [0.1, 0.15) is 11.1 Å². The van der Waals surface area contributed by atoms with E-state index in [2.05, 4.69) is 19.9 Å². The number of aliphatic imine (C=N–C) groups is 1. The minimum absolute atomic E-state index is 0.0340. The van der Waals surface area contributed by atoms with Crippen LogP contribution in [0.25, 0.3) is 10.9 Å². The van der Waals surface area contributed by atoms with Crippen LogP contribution >= 0.6 is 12.2 Å². The SMILES string of the molecule is O=C(O)C(Cc1c[nH]c2ccccc12)N=Cc1c(O)[nH]c(=S)[nH]c1=O. The maximum atomic E-state index is 11.8. The summed E-state index contributed by atoms with van der Waals surface area (Å²) in [5.74, 6) is -1.60. The zero-order valence-corrected chi connectivity index (χ0v) is 13.6. The molecule has 3 aromatic rings. The fourth-order valence-electron chi connectivity index (χ4n) is 2.48. The highest BCUT2D eigenvalue weighted by Gasteiger charge is 2.18. The summed E-state index contributed by atoms with van der Waals surface area (Å²) in [7, 11) is 0. The first-order valence-electron chi connectivity index (χ1n) is 7.32. The summed E-state index contributed by atoms with van der Waals surface area (Å²) >= 11 is 4.73. The maximum Gasteiger partial charge on any atom is 0.328 e. The number of aromatic amines is 3. The number of aliphatic carboxylic acids is 1. The number of rotatable bonds is 5. The highest BCUT2D eigenvalue weighted by Crippen LogP contribution is 2.20. The molecule has 0 aliphatic heterocycles. The van der Waals surface area contributed by atoms with Gasteiger partial charge in [-0.25, -0.2) is 4.79 Å². The Morgan fingerprint density at radius 2 is 2.08 bits per heavy atom. The number of nitrogens with zero attached hydrogens (tertiary/aromatic N) is 1. The predicted molar refractivity (Wildman–Crippen MR) is 94.9 cm³/mol. The Hall–Kier alpha value is -3.20. The fraction of sp³-hybridized carbons (Fsp3) is 0.125. The fourth-order valence-corrected chi connectivity index (χ4v) is 2.67. The number of carboxylic acids is 1. The number of nitrogens with one attached hydrogen (secondary N) is 3. The highest BCUT2D eigenvalue weighted by atomic mass is 32.1. The monoisotopic (exact) mass is 358 g/mol.